The zero-order chi connectivity index (χ0) is 20.2. The third kappa shape index (κ3) is 8.59. The van der Waals surface area contributed by atoms with Crippen LogP contribution in [0.25, 0.3) is 6.08 Å². The maximum absolute atomic E-state index is 11.5. The number of carbonyl (C=O) groups excluding carboxylic acids is 1. The van der Waals surface area contributed by atoms with Crippen LogP contribution in [-0.2, 0) is 14.3 Å². The van der Waals surface area contributed by atoms with Gasteiger partial charge in [-0.05, 0) is 45.7 Å². The van der Waals surface area contributed by atoms with Gasteiger partial charge in [0.2, 0.25) is 0 Å². The molecule has 0 fully saturated rings. The summed E-state index contributed by atoms with van der Waals surface area (Å²) in [4.78, 5) is 11.5. The first-order chi connectivity index (χ1) is 12.9. The number of esters is 1. The van der Waals surface area contributed by atoms with Gasteiger partial charge in [-0.25, -0.2) is 0 Å². The molecule has 0 saturated heterocycles. The second kappa shape index (κ2) is 12.5. The first-order valence-corrected chi connectivity index (χ1v) is 9.73. The summed E-state index contributed by atoms with van der Waals surface area (Å²) in [5.74, 6) is 0.690. The lowest BCUT2D eigenvalue weighted by molar-refractivity contribution is -0.142. The average Bonchev–Trinajstić information content (AvgIpc) is 2.63. The summed E-state index contributed by atoms with van der Waals surface area (Å²) < 4.78 is 16.9. The number of aliphatic hydroxyl groups is 1. The van der Waals surface area contributed by atoms with Crippen molar-refractivity contribution in [1.82, 2.24) is 0 Å². The molecule has 0 spiro atoms. The van der Waals surface area contributed by atoms with Gasteiger partial charge in [-0.1, -0.05) is 31.2 Å². The number of carbonyl (C=O) groups is 1. The Hall–Kier alpha value is -1.85. The van der Waals surface area contributed by atoms with Crippen molar-refractivity contribution in [2.45, 2.75) is 59.7 Å². The van der Waals surface area contributed by atoms with E-state index in [0.717, 1.165) is 16.9 Å². The van der Waals surface area contributed by atoms with Gasteiger partial charge in [0.05, 0.1) is 25.4 Å². The fraction of sp³-hybridized carbons (Fsp3) is 0.591. The van der Waals surface area contributed by atoms with Gasteiger partial charge >= 0.3 is 5.97 Å². The van der Waals surface area contributed by atoms with E-state index >= 15 is 0 Å². The van der Waals surface area contributed by atoms with E-state index in [1.165, 1.54) is 0 Å². The van der Waals surface area contributed by atoms with Gasteiger partial charge in [0.1, 0.15) is 5.75 Å². The van der Waals surface area contributed by atoms with E-state index in [2.05, 4.69) is 0 Å². The van der Waals surface area contributed by atoms with Crippen LogP contribution in [0.3, 0.4) is 0 Å². The first kappa shape index (κ1) is 23.2. The van der Waals surface area contributed by atoms with E-state index in [4.69, 9.17) is 14.2 Å². The van der Waals surface area contributed by atoms with Crippen molar-refractivity contribution in [2.24, 2.45) is 5.92 Å². The Kier molecular flexibility index (Phi) is 10.8. The predicted molar refractivity (Wildman–Crippen MR) is 108 cm³/mol. The molecule has 152 valence electrons. The largest absolute Gasteiger partial charge is 0.490 e. The van der Waals surface area contributed by atoms with Crippen molar-refractivity contribution in [3.05, 3.63) is 35.4 Å². The quantitative estimate of drug-likeness (QED) is 0.541. The summed E-state index contributed by atoms with van der Waals surface area (Å²) in [5.41, 5.74) is 1.98. The van der Waals surface area contributed by atoms with E-state index in [1.807, 2.05) is 58.0 Å². The van der Waals surface area contributed by atoms with Crippen molar-refractivity contribution in [3.63, 3.8) is 0 Å². The lowest BCUT2D eigenvalue weighted by Crippen LogP contribution is -2.13. The minimum absolute atomic E-state index is 0.0533. The fourth-order valence-corrected chi connectivity index (χ4v) is 2.54. The summed E-state index contributed by atoms with van der Waals surface area (Å²) >= 11 is 0. The Morgan fingerprint density at radius 3 is 2.59 bits per heavy atom. The molecule has 1 N–H and O–H groups in total. The Morgan fingerprint density at radius 2 is 1.96 bits per heavy atom. The van der Waals surface area contributed by atoms with Crippen LogP contribution in [0.1, 0.15) is 64.7 Å². The van der Waals surface area contributed by atoms with Crippen molar-refractivity contribution in [3.8, 4) is 5.75 Å². The van der Waals surface area contributed by atoms with E-state index in [0.29, 0.717) is 26.1 Å². The van der Waals surface area contributed by atoms with Crippen LogP contribution in [0.5, 0.6) is 5.75 Å². The van der Waals surface area contributed by atoms with Gasteiger partial charge in [-0.3, -0.25) is 4.79 Å². The van der Waals surface area contributed by atoms with Gasteiger partial charge in [-0.15, -0.1) is 0 Å². The first-order valence-electron chi connectivity index (χ1n) is 9.73. The monoisotopic (exact) mass is 378 g/mol. The molecule has 0 aromatic heterocycles. The Labute approximate surface area is 163 Å². The molecule has 0 bridgehead atoms. The highest BCUT2D eigenvalue weighted by Crippen LogP contribution is 2.31. The summed E-state index contributed by atoms with van der Waals surface area (Å²) in [6.45, 7) is 10.7. The highest BCUT2D eigenvalue weighted by Gasteiger charge is 2.15. The molecule has 0 aliphatic heterocycles. The minimum atomic E-state index is -0.191. The van der Waals surface area contributed by atoms with Crippen molar-refractivity contribution in [2.75, 3.05) is 19.8 Å². The number of rotatable bonds is 12. The minimum Gasteiger partial charge on any atom is -0.490 e. The van der Waals surface area contributed by atoms with Gasteiger partial charge in [0.25, 0.3) is 0 Å². The summed E-state index contributed by atoms with van der Waals surface area (Å²) in [5, 5.41) is 9.19. The summed E-state index contributed by atoms with van der Waals surface area (Å²) in [6.07, 6.45) is 4.82. The SMILES string of the molecule is CCOC(=O)CC/C=C/c1c(OC(C)C)cccc1C(C)OCC(C)CO. The maximum atomic E-state index is 11.5. The molecule has 5 heteroatoms. The molecule has 2 unspecified atom stereocenters. The number of benzene rings is 1. The van der Waals surface area contributed by atoms with E-state index in [9.17, 15) is 9.90 Å². The normalized spacial score (nSPS) is 13.7. The van der Waals surface area contributed by atoms with Crippen LogP contribution < -0.4 is 4.74 Å². The van der Waals surface area contributed by atoms with E-state index in [-0.39, 0.29) is 30.7 Å². The Bertz CT molecular complexity index is 594. The molecule has 0 aliphatic carbocycles. The van der Waals surface area contributed by atoms with Crippen LogP contribution in [0.4, 0.5) is 0 Å². The zero-order valence-corrected chi connectivity index (χ0v) is 17.2. The molecule has 1 rings (SSSR count). The molecule has 2 atom stereocenters. The number of ether oxygens (including phenoxy) is 3. The van der Waals surface area contributed by atoms with Gasteiger partial charge in [0, 0.05) is 24.5 Å². The smallest absolute Gasteiger partial charge is 0.306 e. The molecule has 0 amide bonds. The second-order valence-corrected chi connectivity index (χ2v) is 6.94. The standard InChI is InChI=1S/C22H34O5/c1-6-25-22(24)13-8-7-10-20-19(18(5)26-15-17(4)14-23)11-9-12-21(20)27-16(2)3/h7,9-12,16-18,23H,6,8,13-15H2,1-5H3/b10-7+. The number of hydrogen-bond acceptors (Lipinski definition) is 5. The van der Waals surface area contributed by atoms with Crippen LogP contribution >= 0.6 is 0 Å². The lowest BCUT2D eigenvalue weighted by Gasteiger charge is -2.21. The van der Waals surface area contributed by atoms with Crippen LogP contribution in [0.15, 0.2) is 24.3 Å². The van der Waals surface area contributed by atoms with Crippen LogP contribution in [0.2, 0.25) is 0 Å². The zero-order valence-electron chi connectivity index (χ0n) is 17.2. The second-order valence-electron chi connectivity index (χ2n) is 6.94. The molecular formula is C22H34O5. The fourth-order valence-electron chi connectivity index (χ4n) is 2.54. The molecule has 5 nitrogen and oxygen atoms in total. The molecule has 1 aromatic rings. The van der Waals surface area contributed by atoms with E-state index < -0.39 is 0 Å². The third-order valence-electron chi connectivity index (χ3n) is 3.95. The summed E-state index contributed by atoms with van der Waals surface area (Å²) in [6, 6.07) is 5.92. The molecule has 0 heterocycles. The molecule has 27 heavy (non-hydrogen) atoms. The van der Waals surface area contributed by atoms with E-state index in [1.54, 1.807) is 6.92 Å². The topological polar surface area (TPSA) is 65.0 Å². The highest BCUT2D eigenvalue weighted by atomic mass is 16.5. The number of allylic oxidation sites excluding steroid dienone is 1. The Morgan fingerprint density at radius 1 is 1.22 bits per heavy atom. The van der Waals surface area contributed by atoms with Crippen molar-refractivity contribution < 1.29 is 24.1 Å². The maximum Gasteiger partial charge on any atom is 0.306 e. The lowest BCUT2D eigenvalue weighted by atomic mass is 10.0. The third-order valence-corrected chi connectivity index (χ3v) is 3.95. The average molecular weight is 379 g/mol. The molecule has 0 saturated carbocycles. The van der Waals surface area contributed by atoms with Crippen LogP contribution in [-0.4, -0.2) is 37.0 Å². The van der Waals surface area contributed by atoms with Crippen molar-refractivity contribution >= 4 is 12.0 Å². The highest BCUT2D eigenvalue weighted by molar-refractivity contribution is 5.70. The number of aliphatic hydroxyl groups excluding tert-OH is 1. The predicted octanol–water partition coefficient (Wildman–Crippen LogP) is 4.54. The Balaban J connectivity index is 2.96. The van der Waals surface area contributed by atoms with Gasteiger partial charge < -0.3 is 19.3 Å². The van der Waals surface area contributed by atoms with Crippen LogP contribution in [0, 0.1) is 5.92 Å². The van der Waals surface area contributed by atoms with Gasteiger partial charge in [-0.2, -0.15) is 0 Å². The number of hydrogen-bond donors (Lipinski definition) is 1. The van der Waals surface area contributed by atoms with Crippen molar-refractivity contribution in [1.29, 1.82) is 0 Å². The summed E-state index contributed by atoms with van der Waals surface area (Å²) in [7, 11) is 0. The molecule has 0 radical (unpaired) electrons. The molecular weight excluding hydrogens is 344 g/mol. The molecule has 0 aliphatic rings. The van der Waals surface area contributed by atoms with Gasteiger partial charge in [0.15, 0.2) is 0 Å². The molecule has 1 aromatic carbocycles.